The molecule has 3 unspecified atom stereocenters. The second-order valence-electron chi connectivity index (χ2n) is 7.54. The van der Waals surface area contributed by atoms with E-state index in [4.69, 9.17) is 4.74 Å². The number of carbonyl (C=O) groups is 2. The van der Waals surface area contributed by atoms with Gasteiger partial charge in [0, 0.05) is 30.2 Å². The molecule has 1 aromatic carbocycles. The van der Waals surface area contributed by atoms with Crippen LogP contribution in [0.15, 0.2) is 30.3 Å². The van der Waals surface area contributed by atoms with Gasteiger partial charge >= 0.3 is 6.09 Å². The van der Waals surface area contributed by atoms with Gasteiger partial charge in [-0.1, -0.05) is 18.2 Å². The minimum Gasteiger partial charge on any atom is -0.444 e. The number of alkyl carbamates (subject to hydrolysis) is 1. The van der Waals surface area contributed by atoms with Crippen molar-refractivity contribution in [3.8, 4) is 0 Å². The molecule has 1 aliphatic rings. The lowest BCUT2D eigenvalue weighted by molar-refractivity contribution is 0.0468. The number of carbonyl (C=O) groups excluding carboxylic acids is 2. The van der Waals surface area contributed by atoms with Gasteiger partial charge in [0.15, 0.2) is 0 Å². The first-order valence-corrected chi connectivity index (χ1v) is 8.75. The molecule has 2 amide bonds. The van der Waals surface area contributed by atoms with Crippen molar-refractivity contribution in [1.82, 2.24) is 10.6 Å². The second-order valence-corrected chi connectivity index (χ2v) is 7.54. The highest BCUT2D eigenvalue weighted by Gasteiger charge is 2.32. The van der Waals surface area contributed by atoms with Crippen LogP contribution in [0.5, 0.6) is 0 Å². The summed E-state index contributed by atoms with van der Waals surface area (Å²) in [6, 6.07) is 8.71. The number of benzene rings is 1. The zero-order valence-corrected chi connectivity index (χ0v) is 15.1. The third kappa shape index (κ3) is 6.05. The highest BCUT2D eigenvalue weighted by molar-refractivity contribution is 5.94. The lowest BCUT2D eigenvalue weighted by Crippen LogP contribution is -2.51. The number of amides is 2. The Morgan fingerprint density at radius 2 is 1.84 bits per heavy atom. The Morgan fingerprint density at radius 1 is 1.16 bits per heavy atom. The van der Waals surface area contributed by atoms with Gasteiger partial charge < -0.3 is 20.5 Å². The van der Waals surface area contributed by atoms with Gasteiger partial charge in [0.25, 0.3) is 5.91 Å². The fraction of sp³-hybridized carbons (Fsp3) is 0.579. The molecule has 6 nitrogen and oxygen atoms in total. The molecule has 0 heterocycles. The summed E-state index contributed by atoms with van der Waals surface area (Å²) in [4.78, 5) is 24.3. The smallest absolute Gasteiger partial charge is 0.407 e. The minimum atomic E-state index is -0.548. The predicted octanol–water partition coefficient (Wildman–Crippen LogP) is 2.47. The number of hydrogen-bond acceptors (Lipinski definition) is 4. The quantitative estimate of drug-likeness (QED) is 0.780. The summed E-state index contributed by atoms with van der Waals surface area (Å²) in [5, 5.41) is 15.5. The van der Waals surface area contributed by atoms with Crippen LogP contribution in [0.2, 0.25) is 0 Å². The Balaban J connectivity index is 1.95. The molecule has 6 heteroatoms. The number of aliphatic hydroxyl groups is 1. The SMILES string of the molecule is CC(C)(C)OC(=O)NC1CCC(CO)C(NC(=O)c2ccccc2)C1. The Morgan fingerprint density at radius 3 is 2.44 bits per heavy atom. The van der Waals surface area contributed by atoms with E-state index in [0.29, 0.717) is 12.0 Å². The third-order valence-electron chi connectivity index (χ3n) is 4.30. The summed E-state index contributed by atoms with van der Waals surface area (Å²) in [7, 11) is 0. The van der Waals surface area contributed by atoms with Crippen LogP contribution in [-0.2, 0) is 4.74 Å². The topological polar surface area (TPSA) is 87.7 Å². The largest absolute Gasteiger partial charge is 0.444 e. The van der Waals surface area contributed by atoms with Crippen molar-refractivity contribution < 1.29 is 19.4 Å². The van der Waals surface area contributed by atoms with Crippen LogP contribution in [0.1, 0.15) is 50.4 Å². The zero-order chi connectivity index (χ0) is 18.4. The average molecular weight is 348 g/mol. The number of nitrogens with one attached hydrogen (secondary N) is 2. The van der Waals surface area contributed by atoms with Crippen LogP contribution < -0.4 is 10.6 Å². The number of aliphatic hydroxyl groups excluding tert-OH is 1. The molecule has 2 rings (SSSR count). The molecule has 1 saturated carbocycles. The maximum Gasteiger partial charge on any atom is 0.407 e. The van der Waals surface area contributed by atoms with Crippen LogP contribution in [0.4, 0.5) is 4.79 Å². The number of hydrogen-bond donors (Lipinski definition) is 3. The van der Waals surface area contributed by atoms with Crippen LogP contribution in [-0.4, -0.2) is 41.4 Å². The van der Waals surface area contributed by atoms with Gasteiger partial charge in [-0.05, 0) is 52.2 Å². The predicted molar refractivity (Wildman–Crippen MR) is 95.3 cm³/mol. The van der Waals surface area contributed by atoms with E-state index < -0.39 is 11.7 Å². The molecule has 3 atom stereocenters. The summed E-state index contributed by atoms with van der Waals surface area (Å²) in [5.74, 6) is -0.175. The molecule has 1 fully saturated rings. The molecule has 1 aromatic rings. The van der Waals surface area contributed by atoms with E-state index >= 15 is 0 Å². The first-order chi connectivity index (χ1) is 11.8. The number of ether oxygens (including phenoxy) is 1. The van der Waals surface area contributed by atoms with Crippen molar-refractivity contribution in [3.63, 3.8) is 0 Å². The maximum atomic E-state index is 12.4. The van der Waals surface area contributed by atoms with Crippen LogP contribution in [0, 0.1) is 5.92 Å². The van der Waals surface area contributed by atoms with Crippen molar-refractivity contribution in [2.24, 2.45) is 5.92 Å². The van der Waals surface area contributed by atoms with Crippen LogP contribution in [0.25, 0.3) is 0 Å². The molecule has 0 aliphatic heterocycles. The van der Waals surface area contributed by atoms with Crippen molar-refractivity contribution in [2.45, 2.75) is 57.7 Å². The van der Waals surface area contributed by atoms with E-state index in [1.807, 2.05) is 39.0 Å². The molecule has 0 bridgehead atoms. The first kappa shape index (κ1) is 19.2. The van der Waals surface area contributed by atoms with Gasteiger partial charge in [0.1, 0.15) is 5.60 Å². The first-order valence-electron chi connectivity index (χ1n) is 8.75. The van der Waals surface area contributed by atoms with Crippen LogP contribution >= 0.6 is 0 Å². The molecule has 0 aromatic heterocycles. The standard InChI is InChI=1S/C19H28N2O4/c1-19(2,3)25-18(24)20-15-10-9-14(12-22)16(11-15)21-17(23)13-7-5-4-6-8-13/h4-8,14-16,22H,9-12H2,1-3H3,(H,20,24)(H,21,23). The molecule has 0 saturated heterocycles. The summed E-state index contributed by atoms with van der Waals surface area (Å²) in [6.45, 7) is 5.47. The summed E-state index contributed by atoms with van der Waals surface area (Å²) in [5.41, 5.74) is 0.0363. The Labute approximate surface area is 149 Å². The van der Waals surface area contributed by atoms with Gasteiger partial charge in [-0.25, -0.2) is 4.79 Å². The molecular weight excluding hydrogens is 320 g/mol. The van der Waals surface area contributed by atoms with E-state index in [-0.39, 0.29) is 30.5 Å². The van der Waals surface area contributed by atoms with Gasteiger partial charge in [-0.3, -0.25) is 4.79 Å². The maximum absolute atomic E-state index is 12.4. The van der Waals surface area contributed by atoms with Crippen molar-refractivity contribution in [1.29, 1.82) is 0 Å². The zero-order valence-electron chi connectivity index (χ0n) is 15.1. The van der Waals surface area contributed by atoms with Crippen molar-refractivity contribution >= 4 is 12.0 Å². The normalized spacial score (nSPS) is 23.6. The molecular formula is C19H28N2O4. The van der Waals surface area contributed by atoms with Gasteiger partial charge in [-0.15, -0.1) is 0 Å². The van der Waals surface area contributed by atoms with Crippen LogP contribution in [0.3, 0.4) is 0 Å². The molecule has 3 N–H and O–H groups in total. The summed E-state index contributed by atoms with van der Waals surface area (Å²) < 4.78 is 5.29. The van der Waals surface area contributed by atoms with Crippen molar-refractivity contribution in [2.75, 3.05) is 6.61 Å². The van der Waals surface area contributed by atoms with Crippen molar-refractivity contribution in [3.05, 3.63) is 35.9 Å². The second kappa shape index (κ2) is 8.34. The highest BCUT2D eigenvalue weighted by atomic mass is 16.6. The van der Waals surface area contributed by atoms with Gasteiger partial charge in [-0.2, -0.15) is 0 Å². The molecule has 138 valence electrons. The van der Waals surface area contributed by atoms with E-state index in [2.05, 4.69) is 10.6 Å². The molecule has 0 radical (unpaired) electrons. The van der Waals surface area contributed by atoms with E-state index in [1.165, 1.54) is 0 Å². The Kier molecular flexibility index (Phi) is 6.42. The lowest BCUT2D eigenvalue weighted by atomic mass is 9.82. The molecule has 1 aliphatic carbocycles. The highest BCUT2D eigenvalue weighted by Crippen LogP contribution is 2.25. The fourth-order valence-corrected chi connectivity index (χ4v) is 3.08. The average Bonchev–Trinajstić information content (AvgIpc) is 2.54. The van der Waals surface area contributed by atoms with E-state index in [0.717, 1.165) is 12.8 Å². The fourth-order valence-electron chi connectivity index (χ4n) is 3.08. The minimum absolute atomic E-state index is 0.00986. The monoisotopic (exact) mass is 348 g/mol. The van der Waals surface area contributed by atoms with E-state index in [1.54, 1.807) is 12.1 Å². The third-order valence-corrected chi connectivity index (χ3v) is 4.30. The summed E-state index contributed by atoms with van der Waals surface area (Å²) in [6.07, 6.45) is 1.61. The Bertz CT molecular complexity index is 583. The lowest BCUT2D eigenvalue weighted by Gasteiger charge is -2.36. The van der Waals surface area contributed by atoms with Gasteiger partial charge in [0.2, 0.25) is 0 Å². The molecule has 25 heavy (non-hydrogen) atoms. The Hall–Kier alpha value is -2.08. The van der Waals surface area contributed by atoms with Gasteiger partial charge in [0.05, 0.1) is 0 Å². The summed E-state index contributed by atoms with van der Waals surface area (Å²) >= 11 is 0. The van der Waals surface area contributed by atoms with E-state index in [9.17, 15) is 14.7 Å². The number of rotatable bonds is 4. The molecule has 0 spiro atoms.